The van der Waals surface area contributed by atoms with Crippen LogP contribution < -0.4 is 5.32 Å². The van der Waals surface area contributed by atoms with Crippen LogP contribution in [-0.4, -0.2) is 38.4 Å². The Labute approximate surface area is 196 Å². The van der Waals surface area contributed by atoms with E-state index in [1.807, 2.05) is 30.3 Å². The topological polar surface area (TPSA) is 112 Å². The number of ketones is 1. The lowest BCUT2D eigenvalue weighted by Gasteiger charge is -2.28. The van der Waals surface area contributed by atoms with Crippen molar-refractivity contribution in [3.05, 3.63) is 71.0 Å². The van der Waals surface area contributed by atoms with Crippen molar-refractivity contribution in [1.29, 1.82) is 0 Å². The summed E-state index contributed by atoms with van der Waals surface area (Å²) >= 11 is 0. The molecular weight excluding hydrogens is 437 g/mol. The molecule has 4 rings (SSSR count). The molecule has 3 aromatic rings. The van der Waals surface area contributed by atoms with E-state index in [4.69, 9.17) is 0 Å². The highest BCUT2D eigenvalue weighted by molar-refractivity contribution is 6.04. The Kier molecular flexibility index (Phi) is 5.85. The van der Waals surface area contributed by atoms with E-state index < -0.39 is 23.0 Å². The molecule has 1 aliphatic carbocycles. The van der Waals surface area contributed by atoms with Crippen molar-refractivity contribution in [3.63, 3.8) is 0 Å². The number of hydrogen-bond donors (Lipinski definition) is 3. The Hall–Kier alpha value is -3.81. The number of carboxylic acids is 1. The van der Waals surface area contributed by atoms with Gasteiger partial charge in [0.15, 0.2) is 11.5 Å². The highest BCUT2D eigenvalue weighted by atomic mass is 19.1. The Balaban J connectivity index is 1.82. The molecule has 1 aromatic carbocycles. The van der Waals surface area contributed by atoms with Gasteiger partial charge in [-0.3, -0.25) is 14.4 Å². The number of halogens is 1. The lowest BCUT2D eigenvalue weighted by Crippen LogP contribution is -2.36. The van der Waals surface area contributed by atoms with Crippen LogP contribution in [0, 0.1) is 5.41 Å². The number of aromatic nitrogens is 2. The molecule has 8 heteroatoms. The summed E-state index contributed by atoms with van der Waals surface area (Å²) in [5.74, 6) is -1.88. The number of H-pyrrole nitrogens is 1. The summed E-state index contributed by atoms with van der Waals surface area (Å²) in [5, 5.41) is 12.2. The predicted molar refractivity (Wildman–Crippen MR) is 125 cm³/mol. The molecule has 0 fully saturated rings. The van der Waals surface area contributed by atoms with Crippen molar-refractivity contribution in [1.82, 2.24) is 9.97 Å². The monoisotopic (exact) mass is 463 g/mol. The van der Waals surface area contributed by atoms with E-state index in [9.17, 15) is 23.9 Å². The first-order chi connectivity index (χ1) is 16.0. The van der Waals surface area contributed by atoms with Crippen LogP contribution in [0.2, 0.25) is 0 Å². The lowest BCUT2D eigenvalue weighted by atomic mass is 9.73. The highest BCUT2D eigenvalue weighted by Gasteiger charge is 2.43. The molecule has 1 unspecified atom stereocenters. The second-order valence-electron chi connectivity index (χ2n) is 9.49. The number of fused-ring (bicyclic) bond motifs is 1. The molecule has 0 spiro atoms. The fourth-order valence-corrected chi connectivity index (χ4v) is 4.25. The molecule has 1 atom stereocenters. The maximum Gasteiger partial charge on any atom is 0.310 e. The van der Waals surface area contributed by atoms with Gasteiger partial charge in [-0.2, -0.15) is 0 Å². The Morgan fingerprint density at radius 2 is 1.91 bits per heavy atom. The average Bonchev–Trinajstić information content (AvgIpc) is 3.12. The number of aromatic amines is 1. The van der Waals surface area contributed by atoms with Crippen LogP contribution in [0.4, 0.5) is 10.2 Å². The summed E-state index contributed by atoms with van der Waals surface area (Å²) in [6, 6.07) is 13.0. The quantitative estimate of drug-likeness (QED) is 0.496. The molecule has 2 heterocycles. The van der Waals surface area contributed by atoms with E-state index in [1.54, 1.807) is 19.1 Å². The summed E-state index contributed by atoms with van der Waals surface area (Å²) in [7, 11) is 0. The normalized spacial score (nSPS) is 17.8. The number of amides is 1. The van der Waals surface area contributed by atoms with Crippen LogP contribution >= 0.6 is 0 Å². The molecule has 0 radical (unpaired) electrons. The fraction of sp³-hybridized carbons (Fsp3) is 0.308. The SMILES string of the molecule is CC(C)(F)C(=O)Nc1cc(-c2[nH]c3c(c2Cc2ccccc2)C(=O)CC(C)(C(=O)O)C3)ccn1. The van der Waals surface area contributed by atoms with E-state index in [0.717, 1.165) is 25.0 Å². The van der Waals surface area contributed by atoms with Crippen molar-refractivity contribution in [3.8, 4) is 11.3 Å². The Morgan fingerprint density at radius 1 is 1.21 bits per heavy atom. The summed E-state index contributed by atoms with van der Waals surface area (Å²) in [4.78, 5) is 44.6. The maximum atomic E-state index is 14.0. The number of aliphatic carboxylic acids is 1. The van der Waals surface area contributed by atoms with Crippen molar-refractivity contribution in [2.45, 2.75) is 45.7 Å². The van der Waals surface area contributed by atoms with E-state index in [0.29, 0.717) is 28.9 Å². The van der Waals surface area contributed by atoms with Crippen molar-refractivity contribution in [2.75, 3.05) is 5.32 Å². The van der Waals surface area contributed by atoms with E-state index in [1.165, 1.54) is 6.20 Å². The van der Waals surface area contributed by atoms with Gasteiger partial charge < -0.3 is 15.4 Å². The fourth-order valence-electron chi connectivity index (χ4n) is 4.25. The van der Waals surface area contributed by atoms with Gasteiger partial charge in [0.1, 0.15) is 5.82 Å². The molecule has 0 saturated heterocycles. The first-order valence-electron chi connectivity index (χ1n) is 11.0. The zero-order valence-corrected chi connectivity index (χ0v) is 19.2. The van der Waals surface area contributed by atoms with Crippen LogP contribution in [0.5, 0.6) is 0 Å². The smallest absolute Gasteiger partial charge is 0.310 e. The third-order valence-corrected chi connectivity index (χ3v) is 6.15. The third-order valence-electron chi connectivity index (χ3n) is 6.15. The Bertz CT molecular complexity index is 1280. The number of nitrogens with one attached hydrogen (secondary N) is 2. The standard InChI is InChI=1S/C26H26FN3O4/c1-25(2,27)23(32)30-20-12-16(9-10-28-20)22-17(11-15-7-5-4-6-8-15)21-18(29-22)13-26(3,24(33)34)14-19(21)31/h4-10,12,29H,11,13-14H2,1-3H3,(H,33,34)(H,28,30,32). The van der Waals surface area contributed by atoms with Crippen LogP contribution in [0.15, 0.2) is 48.7 Å². The molecule has 2 aromatic heterocycles. The van der Waals surface area contributed by atoms with Crippen molar-refractivity contribution < 1.29 is 23.9 Å². The number of Topliss-reactive ketones (excluding diaryl/α,β-unsaturated/α-hetero) is 1. The minimum Gasteiger partial charge on any atom is -0.481 e. The van der Waals surface area contributed by atoms with Gasteiger partial charge in [-0.15, -0.1) is 0 Å². The molecule has 1 amide bonds. The molecule has 7 nitrogen and oxygen atoms in total. The molecular formula is C26H26FN3O4. The van der Waals surface area contributed by atoms with Crippen LogP contribution in [0.3, 0.4) is 0 Å². The van der Waals surface area contributed by atoms with Gasteiger partial charge >= 0.3 is 5.97 Å². The molecule has 0 aliphatic heterocycles. The van der Waals surface area contributed by atoms with Crippen LogP contribution in [0.1, 0.15) is 54.4 Å². The minimum atomic E-state index is -2.07. The summed E-state index contributed by atoms with van der Waals surface area (Å²) in [5.41, 5.74) is 0.871. The number of pyridine rings is 1. The average molecular weight is 464 g/mol. The van der Waals surface area contributed by atoms with Gasteiger partial charge in [-0.25, -0.2) is 9.37 Å². The van der Waals surface area contributed by atoms with Gasteiger partial charge in [-0.1, -0.05) is 30.3 Å². The molecule has 0 bridgehead atoms. The number of nitrogens with zero attached hydrogens (tertiary/aromatic N) is 1. The second-order valence-corrected chi connectivity index (χ2v) is 9.49. The van der Waals surface area contributed by atoms with E-state index >= 15 is 0 Å². The Morgan fingerprint density at radius 3 is 2.56 bits per heavy atom. The summed E-state index contributed by atoms with van der Waals surface area (Å²) < 4.78 is 14.0. The number of carbonyl (C=O) groups excluding carboxylic acids is 2. The zero-order chi connectivity index (χ0) is 24.7. The minimum absolute atomic E-state index is 0.0857. The highest BCUT2D eigenvalue weighted by Crippen LogP contribution is 2.41. The van der Waals surface area contributed by atoms with Gasteiger partial charge in [0.2, 0.25) is 0 Å². The molecule has 0 saturated carbocycles. The van der Waals surface area contributed by atoms with E-state index in [2.05, 4.69) is 15.3 Å². The summed E-state index contributed by atoms with van der Waals surface area (Å²) in [6.45, 7) is 3.90. The van der Waals surface area contributed by atoms with E-state index in [-0.39, 0.29) is 24.4 Å². The number of hydrogen-bond acceptors (Lipinski definition) is 4. The molecule has 176 valence electrons. The van der Waals surface area contributed by atoms with Gasteiger partial charge in [-0.05, 0) is 44.0 Å². The molecule has 3 N–H and O–H groups in total. The number of alkyl halides is 1. The van der Waals surface area contributed by atoms with Gasteiger partial charge in [0, 0.05) is 42.3 Å². The van der Waals surface area contributed by atoms with Crippen molar-refractivity contribution in [2.24, 2.45) is 5.41 Å². The molecule has 34 heavy (non-hydrogen) atoms. The number of anilines is 1. The number of rotatable bonds is 6. The van der Waals surface area contributed by atoms with Gasteiger partial charge in [0.25, 0.3) is 5.91 Å². The summed E-state index contributed by atoms with van der Waals surface area (Å²) in [6.07, 6.45) is 2.05. The predicted octanol–water partition coefficient (Wildman–Crippen LogP) is 4.57. The van der Waals surface area contributed by atoms with Gasteiger partial charge in [0.05, 0.1) is 11.1 Å². The second kappa shape index (κ2) is 8.52. The number of carboxylic acid groups (broad SMARTS) is 1. The van der Waals surface area contributed by atoms with Crippen LogP contribution in [-0.2, 0) is 22.4 Å². The van der Waals surface area contributed by atoms with Crippen LogP contribution in [0.25, 0.3) is 11.3 Å². The maximum absolute atomic E-state index is 14.0. The lowest BCUT2D eigenvalue weighted by molar-refractivity contribution is -0.148. The third kappa shape index (κ3) is 4.48. The largest absolute Gasteiger partial charge is 0.481 e. The zero-order valence-electron chi connectivity index (χ0n) is 19.2. The first kappa shape index (κ1) is 23.4. The number of benzene rings is 1. The van der Waals surface area contributed by atoms with Crippen molar-refractivity contribution >= 4 is 23.5 Å². The number of carbonyl (C=O) groups is 3. The molecule has 1 aliphatic rings. The first-order valence-corrected chi connectivity index (χ1v) is 11.0.